The summed E-state index contributed by atoms with van der Waals surface area (Å²) in [7, 11) is -1.69. The van der Waals surface area contributed by atoms with Gasteiger partial charge in [0.15, 0.2) is 0 Å². The van der Waals surface area contributed by atoms with Crippen LogP contribution in [0.15, 0.2) is 42.5 Å². The fourth-order valence-corrected chi connectivity index (χ4v) is 4.11. The van der Waals surface area contributed by atoms with Gasteiger partial charge in [-0.1, -0.05) is 12.1 Å². The predicted molar refractivity (Wildman–Crippen MR) is 102 cm³/mol. The number of hydrogen-bond donors (Lipinski definition) is 1. The minimum absolute atomic E-state index is 0.120. The molecule has 0 bridgehead atoms. The minimum Gasteiger partial charge on any atom is -0.497 e. The minimum atomic E-state index is -3.29. The van der Waals surface area contributed by atoms with Crippen LogP contribution in [0, 0.1) is 0 Å². The van der Waals surface area contributed by atoms with Crippen molar-refractivity contribution >= 4 is 27.3 Å². The van der Waals surface area contributed by atoms with Crippen LogP contribution >= 0.6 is 0 Å². The molecule has 3 rings (SSSR count). The second-order valence-corrected chi connectivity index (χ2v) is 8.26. The molecule has 7 heteroatoms. The number of nitrogens with one attached hydrogen (secondary N) is 1. The lowest BCUT2D eigenvalue weighted by molar-refractivity contribution is -0.115. The lowest BCUT2D eigenvalue weighted by atomic mass is 10.0. The van der Waals surface area contributed by atoms with E-state index in [-0.39, 0.29) is 12.3 Å². The molecule has 1 aliphatic heterocycles. The maximum Gasteiger partial charge on any atom is 0.232 e. The number of nitrogens with zero attached hydrogens (tertiary/aromatic N) is 1. The summed E-state index contributed by atoms with van der Waals surface area (Å²) in [4.78, 5) is 12.3. The molecule has 0 radical (unpaired) electrons. The topological polar surface area (TPSA) is 75.7 Å². The molecular formula is C19H22N2O4S. The standard InChI is InChI=1S/C19H22N2O4S/c1-25-17-8-5-14(6-9-17)12-19(22)20-16-7-10-18-15(13-16)4-3-11-21(18)26(2,23)24/h5-10,13H,3-4,11-12H2,1-2H3,(H,20,22). The van der Waals surface area contributed by atoms with Crippen molar-refractivity contribution in [1.82, 2.24) is 0 Å². The number of amides is 1. The molecule has 2 aromatic carbocycles. The highest BCUT2D eigenvalue weighted by molar-refractivity contribution is 7.92. The van der Waals surface area contributed by atoms with Crippen LogP contribution in [0.25, 0.3) is 0 Å². The zero-order chi connectivity index (χ0) is 18.7. The molecule has 1 amide bonds. The normalized spacial score (nSPS) is 13.8. The molecule has 1 aliphatic rings. The molecule has 1 heterocycles. The van der Waals surface area contributed by atoms with Gasteiger partial charge in [-0.05, 0) is 54.3 Å². The Hall–Kier alpha value is -2.54. The van der Waals surface area contributed by atoms with Gasteiger partial charge in [0.25, 0.3) is 0 Å². The fourth-order valence-electron chi connectivity index (χ4n) is 3.12. The van der Waals surface area contributed by atoms with Crippen molar-refractivity contribution in [3.05, 3.63) is 53.6 Å². The largest absolute Gasteiger partial charge is 0.497 e. The summed E-state index contributed by atoms with van der Waals surface area (Å²) in [5.41, 5.74) is 3.21. The van der Waals surface area contributed by atoms with Crippen LogP contribution in [0.5, 0.6) is 5.75 Å². The summed E-state index contributed by atoms with van der Waals surface area (Å²) in [5, 5.41) is 2.88. The first kappa shape index (κ1) is 18.3. The van der Waals surface area contributed by atoms with Gasteiger partial charge in [0, 0.05) is 12.2 Å². The number of fused-ring (bicyclic) bond motifs is 1. The van der Waals surface area contributed by atoms with Crippen LogP contribution in [0.2, 0.25) is 0 Å². The van der Waals surface area contributed by atoms with Gasteiger partial charge in [0.2, 0.25) is 15.9 Å². The van der Waals surface area contributed by atoms with Crippen molar-refractivity contribution in [2.24, 2.45) is 0 Å². The van der Waals surface area contributed by atoms with E-state index < -0.39 is 10.0 Å². The number of ether oxygens (including phenoxy) is 1. The number of carbonyl (C=O) groups excluding carboxylic acids is 1. The first-order valence-electron chi connectivity index (χ1n) is 8.40. The maximum atomic E-state index is 12.3. The quantitative estimate of drug-likeness (QED) is 0.873. The third-order valence-corrected chi connectivity index (χ3v) is 5.54. The number of rotatable bonds is 5. The Labute approximate surface area is 153 Å². The van der Waals surface area contributed by atoms with E-state index in [4.69, 9.17) is 4.74 Å². The molecule has 0 fully saturated rings. The van der Waals surface area contributed by atoms with E-state index in [1.54, 1.807) is 19.2 Å². The van der Waals surface area contributed by atoms with Gasteiger partial charge in [-0.3, -0.25) is 9.10 Å². The van der Waals surface area contributed by atoms with E-state index in [1.807, 2.05) is 30.3 Å². The number of carbonyl (C=O) groups is 1. The van der Waals surface area contributed by atoms with Gasteiger partial charge < -0.3 is 10.1 Å². The van der Waals surface area contributed by atoms with Crippen molar-refractivity contribution in [2.45, 2.75) is 19.3 Å². The summed E-state index contributed by atoms with van der Waals surface area (Å²) in [5.74, 6) is 0.630. The van der Waals surface area contributed by atoms with Crippen LogP contribution in [0.4, 0.5) is 11.4 Å². The first-order valence-corrected chi connectivity index (χ1v) is 10.2. The zero-order valence-corrected chi connectivity index (χ0v) is 15.7. The monoisotopic (exact) mass is 374 g/mol. The molecular weight excluding hydrogens is 352 g/mol. The van der Waals surface area contributed by atoms with Gasteiger partial charge in [-0.25, -0.2) is 8.42 Å². The van der Waals surface area contributed by atoms with E-state index in [2.05, 4.69) is 5.32 Å². The molecule has 0 unspecified atom stereocenters. The van der Waals surface area contributed by atoms with Crippen molar-refractivity contribution in [3.8, 4) is 5.75 Å². The molecule has 1 N–H and O–H groups in total. The molecule has 0 saturated carbocycles. The average molecular weight is 374 g/mol. The van der Waals surface area contributed by atoms with Crippen LogP contribution in [-0.2, 0) is 27.7 Å². The Balaban J connectivity index is 1.71. The van der Waals surface area contributed by atoms with Gasteiger partial charge in [0.05, 0.1) is 25.5 Å². The van der Waals surface area contributed by atoms with Crippen LogP contribution in [0.3, 0.4) is 0 Å². The number of anilines is 2. The van der Waals surface area contributed by atoms with Gasteiger partial charge in [-0.15, -0.1) is 0 Å². The van der Waals surface area contributed by atoms with Crippen LogP contribution in [-0.4, -0.2) is 34.2 Å². The molecule has 0 aromatic heterocycles. The highest BCUT2D eigenvalue weighted by atomic mass is 32.2. The predicted octanol–water partition coefficient (Wildman–Crippen LogP) is 2.59. The van der Waals surface area contributed by atoms with Crippen molar-refractivity contribution < 1.29 is 17.9 Å². The van der Waals surface area contributed by atoms with Crippen molar-refractivity contribution in [1.29, 1.82) is 0 Å². The van der Waals surface area contributed by atoms with Crippen LogP contribution < -0.4 is 14.4 Å². The second-order valence-electron chi connectivity index (χ2n) is 6.36. The number of methoxy groups -OCH3 is 1. The molecule has 0 atom stereocenters. The van der Waals surface area contributed by atoms with Crippen LogP contribution in [0.1, 0.15) is 17.5 Å². The SMILES string of the molecule is COc1ccc(CC(=O)Nc2ccc3c(c2)CCCN3S(C)(=O)=O)cc1. The van der Waals surface area contributed by atoms with Gasteiger partial charge in [-0.2, -0.15) is 0 Å². The Morgan fingerprint density at radius 3 is 2.58 bits per heavy atom. The number of aryl methyl sites for hydroxylation is 1. The molecule has 6 nitrogen and oxygen atoms in total. The lowest BCUT2D eigenvalue weighted by Crippen LogP contribution is -2.34. The second kappa shape index (κ2) is 7.37. The summed E-state index contributed by atoms with van der Waals surface area (Å²) < 4.78 is 30.3. The van der Waals surface area contributed by atoms with E-state index in [1.165, 1.54) is 10.6 Å². The lowest BCUT2D eigenvalue weighted by Gasteiger charge is -2.29. The van der Waals surface area contributed by atoms with E-state index >= 15 is 0 Å². The van der Waals surface area contributed by atoms with E-state index in [0.717, 1.165) is 29.7 Å². The highest BCUT2D eigenvalue weighted by Gasteiger charge is 2.24. The van der Waals surface area contributed by atoms with Gasteiger partial charge >= 0.3 is 0 Å². The van der Waals surface area contributed by atoms with Crippen molar-refractivity contribution in [3.63, 3.8) is 0 Å². The molecule has 26 heavy (non-hydrogen) atoms. The van der Waals surface area contributed by atoms with E-state index in [9.17, 15) is 13.2 Å². The molecule has 2 aromatic rings. The third kappa shape index (κ3) is 4.16. The smallest absolute Gasteiger partial charge is 0.232 e. The Morgan fingerprint density at radius 2 is 1.92 bits per heavy atom. The van der Waals surface area contributed by atoms with E-state index in [0.29, 0.717) is 17.9 Å². The van der Waals surface area contributed by atoms with Crippen molar-refractivity contribution in [2.75, 3.05) is 29.5 Å². The van der Waals surface area contributed by atoms with Gasteiger partial charge in [0.1, 0.15) is 5.75 Å². The maximum absolute atomic E-state index is 12.3. The number of sulfonamides is 1. The highest BCUT2D eigenvalue weighted by Crippen LogP contribution is 2.31. The third-order valence-electron chi connectivity index (χ3n) is 4.36. The number of hydrogen-bond acceptors (Lipinski definition) is 4. The summed E-state index contributed by atoms with van der Waals surface area (Å²) >= 11 is 0. The molecule has 0 spiro atoms. The fraction of sp³-hybridized carbons (Fsp3) is 0.316. The number of benzene rings is 2. The Bertz CT molecular complexity index is 908. The summed E-state index contributed by atoms with van der Waals surface area (Å²) in [6.07, 6.45) is 3.04. The average Bonchev–Trinajstić information content (AvgIpc) is 2.60. The Kier molecular flexibility index (Phi) is 5.18. The molecule has 0 aliphatic carbocycles. The zero-order valence-electron chi connectivity index (χ0n) is 14.9. The molecule has 0 saturated heterocycles. The summed E-state index contributed by atoms with van der Waals surface area (Å²) in [6, 6.07) is 12.7. The summed E-state index contributed by atoms with van der Waals surface area (Å²) in [6.45, 7) is 0.495. The molecule has 138 valence electrons. The Morgan fingerprint density at radius 1 is 1.19 bits per heavy atom. The first-order chi connectivity index (χ1) is 12.4.